The van der Waals surface area contributed by atoms with E-state index in [4.69, 9.17) is 0 Å². The Hall–Kier alpha value is -1.96. The Morgan fingerprint density at radius 2 is 1.88 bits per heavy atom. The summed E-state index contributed by atoms with van der Waals surface area (Å²) in [5, 5.41) is 0. The van der Waals surface area contributed by atoms with Gasteiger partial charge in [0.05, 0.1) is 5.69 Å². The largest absolute Gasteiger partial charge is 0.294 e. The molecule has 1 aromatic carbocycles. The maximum absolute atomic E-state index is 11.2. The Labute approximate surface area is 101 Å². The van der Waals surface area contributed by atoms with Gasteiger partial charge in [-0.15, -0.1) is 0 Å². The van der Waals surface area contributed by atoms with Crippen LogP contribution in [0, 0.1) is 13.8 Å². The zero-order chi connectivity index (χ0) is 12.4. The van der Waals surface area contributed by atoms with Crippen LogP contribution in [0.2, 0.25) is 0 Å². The highest BCUT2D eigenvalue weighted by atomic mass is 16.1. The van der Waals surface area contributed by atoms with Crippen LogP contribution in [0.3, 0.4) is 0 Å². The molecule has 0 atom stereocenters. The molecule has 0 saturated heterocycles. The van der Waals surface area contributed by atoms with Gasteiger partial charge in [0.2, 0.25) is 0 Å². The minimum atomic E-state index is 0.0463. The van der Waals surface area contributed by atoms with Crippen LogP contribution >= 0.6 is 0 Å². The van der Waals surface area contributed by atoms with Gasteiger partial charge in [-0.1, -0.05) is 17.7 Å². The number of aromatic nitrogens is 1. The number of aryl methyl sites for hydroxylation is 2. The molecule has 0 unspecified atom stereocenters. The molecule has 2 nitrogen and oxygen atoms in total. The SMILES string of the molecule is CC(=O)c1ccc(-c2cc(C)ccc2C)nc1. The molecule has 2 heteroatoms. The third-order valence-corrected chi connectivity index (χ3v) is 2.84. The summed E-state index contributed by atoms with van der Waals surface area (Å²) in [6, 6.07) is 10.0. The zero-order valence-corrected chi connectivity index (χ0v) is 10.3. The summed E-state index contributed by atoms with van der Waals surface area (Å²) in [5.41, 5.74) is 5.09. The van der Waals surface area contributed by atoms with Crippen molar-refractivity contribution in [2.45, 2.75) is 20.8 Å². The van der Waals surface area contributed by atoms with Gasteiger partial charge in [-0.05, 0) is 44.5 Å². The molecule has 0 bridgehead atoms. The quantitative estimate of drug-likeness (QED) is 0.731. The van der Waals surface area contributed by atoms with Gasteiger partial charge >= 0.3 is 0 Å². The van der Waals surface area contributed by atoms with E-state index < -0.39 is 0 Å². The highest BCUT2D eigenvalue weighted by molar-refractivity contribution is 5.94. The molecule has 0 saturated carbocycles. The van der Waals surface area contributed by atoms with Crippen molar-refractivity contribution in [3.63, 3.8) is 0 Å². The first-order valence-electron chi connectivity index (χ1n) is 5.62. The van der Waals surface area contributed by atoms with E-state index >= 15 is 0 Å². The minimum Gasteiger partial charge on any atom is -0.294 e. The first kappa shape index (κ1) is 11.5. The number of Topliss-reactive ketones (excluding diaryl/α,β-unsaturated/α-hetero) is 1. The highest BCUT2D eigenvalue weighted by Crippen LogP contribution is 2.22. The number of carbonyl (C=O) groups excluding carboxylic acids is 1. The number of pyridine rings is 1. The van der Waals surface area contributed by atoms with Gasteiger partial charge in [0.1, 0.15) is 0 Å². The van der Waals surface area contributed by atoms with Gasteiger partial charge in [0.15, 0.2) is 5.78 Å². The third-order valence-electron chi connectivity index (χ3n) is 2.84. The third kappa shape index (κ3) is 2.41. The predicted molar refractivity (Wildman–Crippen MR) is 69.2 cm³/mol. The average molecular weight is 225 g/mol. The Morgan fingerprint density at radius 3 is 2.47 bits per heavy atom. The number of carbonyl (C=O) groups is 1. The van der Waals surface area contributed by atoms with Crippen LogP contribution in [0.25, 0.3) is 11.3 Å². The van der Waals surface area contributed by atoms with E-state index in [9.17, 15) is 4.79 Å². The van der Waals surface area contributed by atoms with Gasteiger partial charge < -0.3 is 0 Å². The van der Waals surface area contributed by atoms with Crippen LogP contribution in [-0.2, 0) is 0 Å². The Balaban J connectivity index is 2.46. The predicted octanol–water partition coefficient (Wildman–Crippen LogP) is 3.57. The molecule has 2 aromatic rings. The number of hydrogen-bond donors (Lipinski definition) is 0. The number of benzene rings is 1. The van der Waals surface area contributed by atoms with E-state index in [-0.39, 0.29) is 5.78 Å². The topological polar surface area (TPSA) is 30.0 Å². The molecule has 0 spiro atoms. The van der Waals surface area contributed by atoms with Crippen molar-refractivity contribution in [3.05, 3.63) is 53.2 Å². The Kier molecular flexibility index (Phi) is 3.05. The van der Waals surface area contributed by atoms with Crippen molar-refractivity contribution in [1.29, 1.82) is 0 Å². The maximum Gasteiger partial charge on any atom is 0.161 e. The number of rotatable bonds is 2. The standard InChI is InChI=1S/C15H15NO/c1-10-4-5-11(2)14(8-10)15-7-6-13(9-16-15)12(3)17/h4-9H,1-3H3. The summed E-state index contributed by atoms with van der Waals surface area (Å²) in [6.07, 6.45) is 1.64. The van der Waals surface area contributed by atoms with Gasteiger partial charge in [0.25, 0.3) is 0 Å². The lowest BCUT2D eigenvalue weighted by atomic mass is 10.0. The molecule has 0 aliphatic carbocycles. The molecule has 1 heterocycles. The number of nitrogens with zero attached hydrogens (tertiary/aromatic N) is 1. The minimum absolute atomic E-state index is 0.0463. The summed E-state index contributed by atoms with van der Waals surface area (Å²) in [7, 11) is 0. The van der Waals surface area contributed by atoms with Crippen LogP contribution in [-0.4, -0.2) is 10.8 Å². The Morgan fingerprint density at radius 1 is 1.12 bits per heavy atom. The number of ketones is 1. The lowest BCUT2D eigenvalue weighted by Gasteiger charge is -2.06. The van der Waals surface area contributed by atoms with Gasteiger partial charge in [0, 0.05) is 17.3 Å². The van der Waals surface area contributed by atoms with E-state index in [0.29, 0.717) is 5.56 Å². The summed E-state index contributed by atoms with van der Waals surface area (Å²) >= 11 is 0. The first-order chi connectivity index (χ1) is 8.08. The van der Waals surface area contributed by atoms with Crippen LogP contribution in [0.5, 0.6) is 0 Å². The van der Waals surface area contributed by atoms with Gasteiger partial charge in [-0.3, -0.25) is 9.78 Å². The molecular weight excluding hydrogens is 210 g/mol. The molecular formula is C15H15NO. The van der Waals surface area contributed by atoms with Crippen LogP contribution in [0.15, 0.2) is 36.5 Å². The second-order valence-electron chi connectivity index (χ2n) is 4.31. The monoisotopic (exact) mass is 225 g/mol. The van der Waals surface area contributed by atoms with E-state index in [1.165, 1.54) is 11.1 Å². The second-order valence-corrected chi connectivity index (χ2v) is 4.31. The van der Waals surface area contributed by atoms with Gasteiger partial charge in [-0.2, -0.15) is 0 Å². The maximum atomic E-state index is 11.2. The second kappa shape index (κ2) is 4.50. The molecule has 0 fully saturated rings. The fraction of sp³-hybridized carbons (Fsp3) is 0.200. The fourth-order valence-corrected chi connectivity index (χ4v) is 1.77. The molecule has 86 valence electrons. The van der Waals surface area contributed by atoms with Crippen molar-refractivity contribution < 1.29 is 4.79 Å². The fourth-order valence-electron chi connectivity index (χ4n) is 1.77. The van der Waals surface area contributed by atoms with Crippen molar-refractivity contribution >= 4 is 5.78 Å². The van der Waals surface area contributed by atoms with Crippen molar-refractivity contribution in [2.24, 2.45) is 0 Å². The molecule has 17 heavy (non-hydrogen) atoms. The molecule has 0 amide bonds. The summed E-state index contributed by atoms with van der Waals surface area (Å²) in [5.74, 6) is 0.0463. The number of hydrogen-bond acceptors (Lipinski definition) is 2. The summed E-state index contributed by atoms with van der Waals surface area (Å²) in [6.45, 7) is 5.68. The van der Waals surface area contributed by atoms with Gasteiger partial charge in [-0.25, -0.2) is 0 Å². The smallest absolute Gasteiger partial charge is 0.161 e. The van der Waals surface area contributed by atoms with Crippen LogP contribution in [0.1, 0.15) is 28.4 Å². The van der Waals surface area contributed by atoms with Crippen LogP contribution in [0.4, 0.5) is 0 Å². The van der Waals surface area contributed by atoms with Crippen LogP contribution < -0.4 is 0 Å². The lowest BCUT2D eigenvalue weighted by molar-refractivity contribution is 0.101. The van der Waals surface area contributed by atoms with Crippen molar-refractivity contribution in [1.82, 2.24) is 4.98 Å². The molecule has 0 aliphatic heterocycles. The van der Waals surface area contributed by atoms with E-state index in [1.807, 2.05) is 12.1 Å². The van der Waals surface area contributed by atoms with Crippen molar-refractivity contribution in [3.8, 4) is 11.3 Å². The Bertz CT molecular complexity index is 556. The molecule has 2 rings (SSSR count). The molecule has 0 aliphatic rings. The first-order valence-corrected chi connectivity index (χ1v) is 5.62. The molecule has 0 radical (unpaired) electrons. The lowest BCUT2D eigenvalue weighted by Crippen LogP contribution is -1.94. The molecule has 1 aromatic heterocycles. The highest BCUT2D eigenvalue weighted by Gasteiger charge is 2.05. The summed E-state index contributed by atoms with van der Waals surface area (Å²) < 4.78 is 0. The van der Waals surface area contributed by atoms with Crippen molar-refractivity contribution in [2.75, 3.05) is 0 Å². The average Bonchev–Trinajstić information content (AvgIpc) is 2.32. The van der Waals surface area contributed by atoms with E-state index in [0.717, 1.165) is 11.3 Å². The normalized spacial score (nSPS) is 10.3. The van der Waals surface area contributed by atoms with E-state index in [1.54, 1.807) is 13.1 Å². The van der Waals surface area contributed by atoms with E-state index in [2.05, 4.69) is 37.0 Å². The molecule has 0 N–H and O–H groups in total. The summed E-state index contributed by atoms with van der Waals surface area (Å²) in [4.78, 5) is 15.5. The zero-order valence-electron chi connectivity index (χ0n) is 10.3.